The van der Waals surface area contributed by atoms with Crippen LogP contribution in [0.15, 0.2) is 42.5 Å². The SMILES string of the molecule is CC(C)C[C@H](NC(=O)[C@@H]1CC(=O)NC/C=C\CCCOC(=O)N[C@@H](C(C)C)C(=O)N1)[C@@H](O)CCCCC(=O)N[C@H](C(=O)NCc1ccccc1)C(C)C. The quantitative estimate of drug-likeness (QED) is 0.0989. The molecule has 0 aromatic heterocycles. The molecule has 1 aromatic carbocycles. The molecule has 0 aliphatic carbocycles. The highest BCUT2D eigenvalue weighted by molar-refractivity contribution is 5.94. The van der Waals surface area contributed by atoms with Gasteiger partial charge in [0.15, 0.2) is 0 Å². The lowest BCUT2D eigenvalue weighted by Crippen LogP contribution is -2.58. The van der Waals surface area contributed by atoms with Gasteiger partial charge in [0.1, 0.15) is 18.1 Å². The van der Waals surface area contributed by atoms with Gasteiger partial charge in [-0.05, 0) is 55.4 Å². The third-order valence-corrected chi connectivity index (χ3v) is 8.82. The average Bonchev–Trinajstić information content (AvgIpc) is 3.10. The largest absolute Gasteiger partial charge is 0.450 e. The van der Waals surface area contributed by atoms with Crippen LogP contribution < -0.4 is 31.9 Å². The number of nitrogens with one attached hydrogen (secondary N) is 6. The summed E-state index contributed by atoms with van der Waals surface area (Å²) in [6.45, 7) is 11.8. The highest BCUT2D eigenvalue weighted by Crippen LogP contribution is 2.15. The third-order valence-electron chi connectivity index (χ3n) is 8.82. The molecule has 0 radical (unpaired) electrons. The number of hydrogen-bond acceptors (Lipinski definition) is 8. The minimum absolute atomic E-state index is 0.0870. The van der Waals surface area contributed by atoms with E-state index >= 15 is 0 Å². The highest BCUT2D eigenvalue weighted by atomic mass is 16.5. The van der Waals surface area contributed by atoms with Crippen molar-refractivity contribution >= 4 is 35.6 Å². The minimum Gasteiger partial charge on any atom is -0.450 e. The van der Waals surface area contributed by atoms with E-state index in [-0.39, 0.29) is 62.0 Å². The van der Waals surface area contributed by atoms with Gasteiger partial charge < -0.3 is 41.7 Å². The lowest BCUT2D eigenvalue weighted by molar-refractivity contribution is -0.133. The Labute approximate surface area is 314 Å². The van der Waals surface area contributed by atoms with Crippen LogP contribution in [-0.2, 0) is 35.3 Å². The topological polar surface area (TPSA) is 204 Å². The van der Waals surface area contributed by atoms with Gasteiger partial charge >= 0.3 is 6.09 Å². The van der Waals surface area contributed by atoms with E-state index in [1.54, 1.807) is 19.9 Å². The highest BCUT2D eigenvalue weighted by Gasteiger charge is 2.33. The molecule has 1 aliphatic rings. The number of aliphatic hydroxyl groups is 1. The molecule has 1 heterocycles. The van der Waals surface area contributed by atoms with E-state index in [0.717, 1.165) is 5.56 Å². The zero-order valence-corrected chi connectivity index (χ0v) is 32.2. The van der Waals surface area contributed by atoms with E-state index in [0.29, 0.717) is 38.6 Å². The fraction of sp³-hybridized carbons (Fsp3) is 0.641. The predicted octanol–water partition coefficient (Wildman–Crippen LogP) is 2.99. The maximum Gasteiger partial charge on any atom is 0.407 e. The fourth-order valence-electron chi connectivity index (χ4n) is 5.79. The van der Waals surface area contributed by atoms with Crippen molar-refractivity contribution in [2.75, 3.05) is 13.2 Å². The van der Waals surface area contributed by atoms with Crippen molar-refractivity contribution in [1.29, 1.82) is 0 Å². The van der Waals surface area contributed by atoms with Gasteiger partial charge in [0.25, 0.3) is 0 Å². The fourth-order valence-corrected chi connectivity index (χ4v) is 5.79. The Bertz CT molecular complexity index is 1350. The summed E-state index contributed by atoms with van der Waals surface area (Å²) in [6.07, 6.45) is 4.50. The van der Waals surface area contributed by atoms with E-state index in [4.69, 9.17) is 4.74 Å². The molecule has 0 saturated heterocycles. The molecule has 7 N–H and O–H groups in total. The summed E-state index contributed by atoms with van der Waals surface area (Å²) in [5.41, 5.74) is 0.955. The van der Waals surface area contributed by atoms with Gasteiger partial charge in [-0.1, -0.05) is 90.4 Å². The lowest BCUT2D eigenvalue weighted by atomic mass is 9.95. The number of cyclic esters (lactones) is 1. The number of rotatable bonds is 16. The number of hydrogen-bond donors (Lipinski definition) is 7. The first kappa shape index (κ1) is 44.7. The summed E-state index contributed by atoms with van der Waals surface area (Å²) in [7, 11) is 0. The molecule has 0 bridgehead atoms. The summed E-state index contributed by atoms with van der Waals surface area (Å²) < 4.78 is 5.21. The zero-order chi connectivity index (χ0) is 39.3. The van der Waals surface area contributed by atoms with Crippen molar-refractivity contribution in [1.82, 2.24) is 31.9 Å². The number of allylic oxidation sites excluding steroid dienone is 1. The van der Waals surface area contributed by atoms with Gasteiger partial charge in [-0.25, -0.2) is 4.79 Å². The van der Waals surface area contributed by atoms with Crippen molar-refractivity contribution in [3.63, 3.8) is 0 Å². The van der Waals surface area contributed by atoms with Crippen molar-refractivity contribution in [2.24, 2.45) is 17.8 Å². The second-order valence-electron chi connectivity index (χ2n) is 14.7. The molecule has 6 amide bonds. The molecule has 296 valence electrons. The Morgan fingerprint density at radius 1 is 0.943 bits per heavy atom. The Kier molecular flexibility index (Phi) is 20.2. The van der Waals surface area contributed by atoms with Gasteiger partial charge in [-0.3, -0.25) is 24.0 Å². The Morgan fingerprint density at radius 3 is 2.32 bits per heavy atom. The third kappa shape index (κ3) is 17.7. The molecule has 0 unspecified atom stereocenters. The molecule has 0 saturated carbocycles. The maximum absolute atomic E-state index is 13.7. The summed E-state index contributed by atoms with van der Waals surface area (Å²) in [5, 5.41) is 27.7. The molecule has 14 nitrogen and oxygen atoms in total. The zero-order valence-electron chi connectivity index (χ0n) is 32.2. The van der Waals surface area contributed by atoms with Gasteiger partial charge in [-0.15, -0.1) is 0 Å². The molecule has 0 fully saturated rings. The number of amides is 6. The number of alkyl carbamates (subject to hydrolysis) is 1. The van der Waals surface area contributed by atoms with Gasteiger partial charge in [0.2, 0.25) is 29.5 Å². The molecule has 1 aliphatic heterocycles. The van der Waals surface area contributed by atoms with Crippen LogP contribution in [0.3, 0.4) is 0 Å². The van der Waals surface area contributed by atoms with E-state index in [2.05, 4.69) is 31.9 Å². The Morgan fingerprint density at radius 2 is 1.66 bits per heavy atom. The number of carbonyl (C=O) groups excluding carboxylic acids is 6. The maximum atomic E-state index is 13.7. The van der Waals surface area contributed by atoms with Crippen molar-refractivity contribution < 1.29 is 38.6 Å². The van der Waals surface area contributed by atoms with Crippen LogP contribution in [0, 0.1) is 17.8 Å². The van der Waals surface area contributed by atoms with Crippen LogP contribution >= 0.6 is 0 Å². The van der Waals surface area contributed by atoms with E-state index in [9.17, 15) is 33.9 Å². The number of benzene rings is 1. The summed E-state index contributed by atoms with van der Waals surface area (Å²) >= 11 is 0. The normalized spacial score (nSPS) is 19.9. The van der Waals surface area contributed by atoms with Crippen molar-refractivity contribution in [3.8, 4) is 0 Å². The Hall–Kier alpha value is -4.46. The lowest BCUT2D eigenvalue weighted by Gasteiger charge is -2.29. The van der Waals surface area contributed by atoms with E-state index in [1.807, 2.05) is 64.1 Å². The van der Waals surface area contributed by atoms with Crippen LogP contribution in [0.4, 0.5) is 4.79 Å². The summed E-state index contributed by atoms with van der Waals surface area (Å²) in [6, 6.07) is 5.80. The number of ether oxygens (including phenoxy) is 1. The number of aliphatic hydroxyl groups excluding tert-OH is 1. The molecule has 2 rings (SSSR count). The van der Waals surface area contributed by atoms with E-state index in [1.165, 1.54) is 0 Å². The van der Waals surface area contributed by atoms with Crippen LogP contribution in [0.1, 0.15) is 98.5 Å². The van der Waals surface area contributed by atoms with Crippen LogP contribution in [-0.4, -0.2) is 84.2 Å². The predicted molar refractivity (Wildman–Crippen MR) is 202 cm³/mol. The molecule has 5 atom stereocenters. The standard InChI is InChI=1S/C39H62N6O8/c1-25(2)22-29(31(46)18-12-13-19-32(47)44-34(26(3)4)37(50)41-24-28-16-10-9-11-17-28)42-36(49)30-23-33(48)40-20-14-7-8-15-21-53-39(52)45-35(27(5)6)38(51)43-30/h7,9-11,14,16-17,25-27,29-31,34-35,46H,8,12-13,15,18-24H2,1-6H3,(H,40,48)(H,41,50)(H,42,49)(H,43,51)(H,44,47)(H,45,52)/b14-7-/t29-,30-,31-,34-,35-/m0/s1. The first-order chi connectivity index (χ1) is 25.2. The van der Waals surface area contributed by atoms with Crippen LogP contribution in [0.5, 0.6) is 0 Å². The van der Waals surface area contributed by atoms with Crippen LogP contribution in [0.25, 0.3) is 0 Å². The van der Waals surface area contributed by atoms with E-state index < -0.39 is 54.1 Å². The molecular weight excluding hydrogens is 680 g/mol. The summed E-state index contributed by atoms with van der Waals surface area (Å²) in [5.74, 6) is -2.68. The molecule has 14 heteroatoms. The first-order valence-corrected chi connectivity index (χ1v) is 18.9. The smallest absolute Gasteiger partial charge is 0.407 e. The van der Waals surface area contributed by atoms with Crippen molar-refractivity contribution in [2.45, 2.75) is 130 Å². The second-order valence-corrected chi connectivity index (χ2v) is 14.7. The average molecular weight is 743 g/mol. The monoisotopic (exact) mass is 742 g/mol. The van der Waals surface area contributed by atoms with Gasteiger partial charge in [0, 0.05) is 19.5 Å². The Balaban J connectivity index is 2.03. The van der Waals surface area contributed by atoms with Gasteiger partial charge in [-0.2, -0.15) is 0 Å². The second kappa shape index (κ2) is 24.0. The number of carbonyl (C=O) groups is 6. The summed E-state index contributed by atoms with van der Waals surface area (Å²) in [4.78, 5) is 78.0. The molecule has 1 aromatic rings. The van der Waals surface area contributed by atoms with Crippen molar-refractivity contribution in [3.05, 3.63) is 48.0 Å². The van der Waals surface area contributed by atoms with Crippen LogP contribution in [0.2, 0.25) is 0 Å². The van der Waals surface area contributed by atoms with Gasteiger partial charge in [0.05, 0.1) is 25.2 Å². The molecular formula is C39H62N6O8. The minimum atomic E-state index is -1.29. The molecule has 53 heavy (non-hydrogen) atoms. The number of unbranched alkanes of at least 4 members (excludes halogenated alkanes) is 1. The first-order valence-electron chi connectivity index (χ1n) is 18.9. The molecule has 0 spiro atoms.